The maximum absolute atomic E-state index is 13.6. The summed E-state index contributed by atoms with van der Waals surface area (Å²) in [5, 5.41) is 0. The molecular formula is C24H22F4N2O2S. The van der Waals surface area contributed by atoms with E-state index >= 15 is 0 Å². The van der Waals surface area contributed by atoms with Crippen LogP contribution in [-0.2, 0) is 22.7 Å². The molecule has 3 aromatic rings. The fourth-order valence-corrected chi connectivity index (χ4v) is 5.25. The lowest BCUT2D eigenvalue weighted by Gasteiger charge is -2.17. The maximum Gasteiger partial charge on any atom is 0.416 e. The number of hydrogen-bond acceptors (Lipinski definition) is 3. The van der Waals surface area contributed by atoms with Crippen molar-refractivity contribution in [3.05, 3.63) is 89.7 Å². The fraction of sp³-hybridized carbons (Fsp3) is 0.250. The van der Waals surface area contributed by atoms with E-state index in [1.807, 2.05) is 54.6 Å². The van der Waals surface area contributed by atoms with Gasteiger partial charge < -0.3 is 0 Å². The predicted octanol–water partition coefficient (Wildman–Crippen LogP) is 5.06. The monoisotopic (exact) mass is 478 g/mol. The third kappa shape index (κ3) is 5.79. The molecule has 0 unspecified atom stereocenters. The Kier molecular flexibility index (Phi) is 6.56. The van der Waals surface area contributed by atoms with Crippen molar-refractivity contribution >= 4 is 10.0 Å². The minimum Gasteiger partial charge on any atom is -0.297 e. The van der Waals surface area contributed by atoms with Crippen LogP contribution >= 0.6 is 0 Å². The molecule has 174 valence electrons. The van der Waals surface area contributed by atoms with Crippen LogP contribution in [0.25, 0.3) is 11.1 Å². The van der Waals surface area contributed by atoms with E-state index in [2.05, 4.69) is 9.62 Å². The normalized spacial score (nSPS) is 17.4. The second-order valence-corrected chi connectivity index (χ2v) is 9.79. The smallest absolute Gasteiger partial charge is 0.297 e. The average Bonchev–Trinajstić information content (AvgIpc) is 3.20. The van der Waals surface area contributed by atoms with E-state index in [4.69, 9.17) is 0 Å². The lowest BCUT2D eigenvalue weighted by Crippen LogP contribution is -2.37. The molecule has 3 aromatic carbocycles. The highest BCUT2D eigenvalue weighted by Crippen LogP contribution is 2.31. The van der Waals surface area contributed by atoms with Gasteiger partial charge in [0.2, 0.25) is 10.0 Å². The van der Waals surface area contributed by atoms with Crippen molar-refractivity contribution in [1.82, 2.24) is 9.62 Å². The summed E-state index contributed by atoms with van der Waals surface area (Å²) in [6, 6.07) is 18.9. The molecule has 0 aromatic heterocycles. The van der Waals surface area contributed by atoms with Gasteiger partial charge in [0.05, 0.1) is 10.5 Å². The van der Waals surface area contributed by atoms with Crippen molar-refractivity contribution in [3.63, 3.8) is 0 Å². The molecule has 0 aliphatic carbocycles. The third-order valence-electron chi connectivity index (χ3n) is 5.57. The number of halogens is 4. The molecule has 1 aliphatic heterocycles. The van der Waals surface area contributed by atoms with Gasteiger partial charge in [-0.05, 0) is 41.3 Å². The summed E-state index contributed by atoms with van der Waals surface area (Å²) in [4.78, 5) is 1.34. The Bertz CT molecular complexity index is 1210. The first-order chi connectivity index (χ1) is 15.6. The molecule has 1 atom stereocenters. The second-order valence-electron chi connectivity index (χ2n) is 8.08. The Morgan fingerprint density at radius 1 is 0.939 bits per heavy atom. The van der Waals surface area contributed by atoms with Gasteiger partial charge in [-0.1, -0.05) is 54.6 Å². The van der Waals surface area contributed by atoms with E-state index in [1.165, 1.54) is 0 Å². The number of benzene rings is 3. The highest BCUT2D eigenvalue weighted by atomic mass is 32.2. The summed E-state index contributed by atoms with van der Waals surface area (Å²) in [6.45, 7) is 1.65. The minimum absolute atomic E-state index is 0.277. The first-order valence-electron chi connectivity index (χ1n) is 10.4. The molecular weight excluding hydrogens is 456 g/mol. The molecule has 1 heterocycles. The van der Waals surface area contributed by atoms with E-state index in [-0.39, 0.29) is 6.07 Å². The van der Waals surface area contributed by atoms with E-state index in [9.17, 15) is 26.0 Å². The topological polar surface area (TPSA) is 49.4 Å². The molecule has 0 saturated carbocycles. The summed E-state index contributed by atoms with van der Waals surface area (Å²) in [5.41, 5.74) is 1.94. The van der Waals surface area contributed by atoms with Crippen LogP contribution in [0.15, 0.2) is 77.7 Å². The van der Waals surface area contributed by atoms with Crippen LogP contribution in [-0.4, -0.2) is 32.4 Å². The Labute approximate surface area is 189 Å². The Hall–Kier alpha value is -2.75. The molecule has 9 heteroatoms. The standard InChI is InChI=1S/C24H22F4N2O2S/c25-21-12-20(24(26,27)28)13-23(14-21)33(31,32)29-22-10-11-30(16-22)15-17-6-8-19(9-7-17)18-4-2-1-3-5-18/h1-9,12-14,22,29H,10-11,15-16H2/t22-/m1/s1. The van der Waals surface area contributed by atoms with E-state index in [1.54, 1.807) is 0 Å². The Balaban J connectivity index is 1.39. The Morgan fingerprint density at radius 2 is 1.61 bits per heavy atom. The first kappa shape index (κ1) is 23.4. The van der Waals surface area contributed by atoms with Gasteiger partial charge in [-0.2, -0.15) is 13.2 Å². The summed E-state index contributed by atoms with van der Waals surface area (Å²) in [6.07, 6.45) is -4.34. The fourth-order valence-electron chi connectivity index (χ4n) is 3.93. The molecule has 1 N–H and O–H groups in total. The number of nitrogens with one attached hydrogen (secondary N) is 1. The quantitative estimate of drug-likeness (QED) is 0.504. The van der Waals surface area contributed by atoms with Crippen LogP contribution in [0.5, 0.6) is 0 Å². The molecule has 33 heavy (non-hydrogen) atoms. The molecule has 4 rings (SSSR count). The van der Waals surface area contributed by atoms with Gasteiger partial charge >= 0.3 is 6.18 Å². The number of rotatable bonds is 6. The summed E-state index contributed by atoms with van der Waals surface area (Å²) in [5.74, 6) is -1.25. The van der Waals surface area contributed by atoms with Gasteiger partial charge in [0.15, 0.2) is 0 Å². The van der Waals surface area contributed by atoms with E-state index < -0.39 is 38.5 Å². The molecule has 1 saturated heterocycles. The second kappa shape index (κ2) is 9.24. The molecule has 4 nitrogen and oxygen atoms in total. The van der Waals surface area contributed by atoms with Crippen molar-refractivity contribution in [2.45, 2.75) is 30.1 Å². The van der Waals surface area contributed by atoms with E-state index in [0.29, 0.717) is 38.2 Å². The highest BCUT2D eigenvalue weighted by molar-refractivity contribution is 7.89. The van der Waals surface area contributed by atoms with Crippen molar-refractivity contribution in [1.29, 1.82) is 0 Å². The van der Waals surface area contributed by atoms with Crippen LogP contribution in [0.1, 0.15) is 17.5 Å². The number of sulfonamides is 1. The summed E-state index contributed by atoms with van der Waals surface area (Å²) in [7, 11) is -4.30. The number of alkyl halides is 3. The van der Waals surface area contributed by atoms with Gasteiger partial charge in [-0.3, -0.25) is 4.90 Å². The molecule has 0 spiro atoms. The lowest BCUT2D eigenvalue weighted by molar-refractivity contribution is -0.137. The van der Waals surface area contributed by atoms with Gasteiger partial charge in [-0.15, -0.1) is 0 Å². The summed E-state index contributed by atoms with van der Waals surface area (Å²) >= 11 is 0. The van der Waals surface area contributed by atoms with Crippen molar-refractivity contribution < 1.29 is 26.0 Å². The maximum atomic E-state index is 13.6. The zero-order chi connectivity index (χ0) is 23.6. The highest BCUT2D eigenvalue weighted by Gasteiger charge is 2.34. The zero-order valence-electron chi connectivity index (χ0n) is 17.5. The largest absolute Gasteiger partial charge is 0.416 e. The molecule has 1 aliphatic rings. The summed E-state index contributed by atoms with van der Waals surface area (Å²) < 4.78 is 80.0. The van der Waals surface area contributed by atoms with Crippen molar-refractivity contribution in [2.24, 2.45) is 0 Å². The van der Waals surface area contributed by atoms with Crippen LogP contribution in [0, 0.1) is 5.82 Å². The third-order valence-corrected chi connectivity index (χ3v) is 7.07. The van der Waals surface area contributed by atoms with Crippen LogP contribution < -0.4 is 4.72 Å². The zero-order valence-corrected chi connectivity index (χ0v) is 18.3. The van der Waals surface area contributed by atoms with E-state index in [0.717, 1.165) is 16.7 Å². The molecule has 0 bridgehead atoms. The van der Waals surface area contributed by atoms with Gasteiger partial charge in [0.25, 0.3) is 0 Å². The minimum atomic E-state index is -4.84. The van der Waals surface area contributed by atoms with Crippen LogP contribution in [0.2, 0.25) is 0 Å². The number of nitrogens with zero attached hydrogens (tertiary/aromatic N) is 1. The van der Waals surface area contributed by atoms with Gasteiger partial charge in [0, 0.05) is 25.7 Å². The average molecular weight is 479 g/mol. The van der Waals surface area contributed by atoms with Crippen LogP contribution in [0.4, 0.5) is 17.6 Å². The number of hydrogen-bond donors (Lipinski definition) is 1. The van der Waals surface area contributed by atoms with Gasteiger partial charge in [-0.25, -0.2) is 17.5 Å². The SMILES string of the molecule is O=S(=O)(N[C@@H]1CCN(Cc2ccc(-c3ccccc3)cc2)C1)c1cc(F)cc(C(F)(F)F)c1. The van der Waals surface area contributed by atoms with Crippen molar-refractivity contribution in [2.75, 3.05) is 13.1 Å². The van der Waals surface area contributed by atoms with Crippen molar-refractivity contribution in [3.8, 4) is 11.1 Å². The predicted molar refractivity (Wildman–Crippen MR) is 117 cm³/mol. The molecule has 0 radical (unpaired) electrons. The molecule has 0 amide bonds. The van der Waals surface area contributed by atoms with Crippen LogP contribution in [0.3, 0.4) is 0 Å². The first-order valence-corrected chi connectivity index (χ1v) is 11.9. The lowest BCUT2D eigenvalue weighted by atomic mass is 10.0. The number of likely N-dealkylation sites (tertiary alicyclic amines) is 1. The van der Waals surface area contributed by atoms with Gasteiger partial charge in [0.1, 0.15) is 5.82 Å². The Morgan fingerprint density at radius 3 is 2.27 bits per heavy atom. The molecule has 1 fully saturated rings.